The van der Waals surface area contributed by atoms with Crippen LogP contribution in [0.2, 0.25) is 0 Å². The third-order valence-electron chi connectivity index (χ3n) is 2.36. The van der Waals surface area contributed by atoms with Crippen molar-refractivity contribution in [2.75, 3.05) is 19.7 Å². The Bertz CT molecular complexity index is 117. The van der Waals surface area contributed by atoms with E-state index in [0.29, 0.717) is 6.54 Å². The smallest absolute Gasteiger partial charge is 0.0667 e. The van der Waals surface area contributed by atoms with Crippen LogP contribution in [0.1, 0.15) is 19.8 Å². The van der Waals surface area contributed by atoms with Crippen LogP contribution in [-0.4, -0.2) is 47.0 Å². The van der Waals surface area contributed by atoms with E-state index in [9.17, 15) is 5.11 Å². The molecule has 11 heavy (non-hydrogen) atoms. The van der Waals surface area contributed by atoms with Crippen molar-refractivity contribution in [3.8, 4) is 0 Å². The van der Waals surface area contributed by atoms with Gasteiger partial charge in [0.2, 0.25) is 0 Å². The maximum absolute atomic E-state index is 9.33. The monoisotopic (exact) mass is 159 g/mol. The fourth-order valence-electron chi connectivity index (χ4n) is 1.80. The van der Waals surface area contributed by atoms with Crippen LogP contribution in [0.25, 0.3) is 0 Å². The van der Waals surface area contributed by atoms with E-state index in [0.717, 1.165) is 19.4 Å². The molecule has 1 rings (SSSR count). The van der Waals surface area contributed by atoms with Gasteiger partial charge in [-0.15, -0.1) is 0 Å². The standard InChI is InChI=1S/C8H17NO2/c1-7(11)8-3-2-4-9(8)5-6-10/h7-8,10-11H,2-6H2,1H3/t7-,8+/m1/s1. The highest BCUT2D eigenvalue weighted by molar-refractivity contribution is 4.82. The lowest BCUT2D eigenvalue weighted by molar-refractivity contribution is 0.0759. The lowest BCUT2D eigenvalue weighted by Crippen LogP contribution is -2.38. The van der Waals surface area contributed by atoms with Crippen LogP contribution in [0.3, 0.4) is 0 Å². The summed E-state index contributed by atoms with van der Waals surface area (Å²) in [7, 11) is 0. The zero-order valence-electron chi connectivity index (χ0n) is 7.03. The molecular weight excluding hydrogens is 142 g/mol. The summed E-state index contributed by atoms with van der Waals surface area (Å²) in [5.41, 5.74) is 0. The van der Waals surface area contributed by atoms with Gasteiger partial charge in [0.15, 0.2) is 0 Å². The van der Waals surface area contributed by atoms with Gasteiger partial charge in [0, 0.05) is 12.6 Å². The number of hydrogen-bond acceptors (Lipinski definition) is 3. The molecule has 0 unspecified atom stereocenters. The molecular formula is C8H17NO2. The zero-order chi connectivity index (χ0) is 8.27. The number of aliphatic hydroxyl groups excluding tert-OH is 2. The number of nitrogens with zero attached hydrogens (tertiary/aromatic N) is 1. The molecule has 0 aromatic heterocycles. The van der Waals surface area contributed by atoms with Crippen molar-refractivity contribution >= 4 is 0 Å². The van der Waals surface area contributed by atoms with Gasteiger partial charge >= 0.3 is 0 Å². The highest BCUT2D eigenvalue weighted by Gasteiger charge is 2.27. The molecule has 66 valence electrons. The molecule has 1 aliphatic rings. The summed E-state index contributed by atoms with van der Waals surface area (Å²) in [5, 5.41) is 18.0. The topological polar surface area (TPSA) is 43.7 Å². The molecule has 3 nitrogen and oxygen atoms in total. The number of rotatable bonds is 3. The minimum Gasteiger partial charge on any atom is -0.395 e. The fraction of sp³-hybridized carbons (Fsp3) is 1.00. The number of β-amino-alcohol motifs (C(OH)–C–C–N with tert-alkyl or cyclic N) is 1. The van der Waals surface area contributed by atoms with Gasteiger partial charge in [-0.3, -0.25) is 4.90 Å². The number of hydrogen-bond donors (Lipinski definition) is 2. The van der Waals surface area contributed by atoms with E-state index in [1.165, 1.54) is 0 Å². The largest absolute Gasteiger partial charge is 0.395 e. The Morgan fingerprint density at radius 3 is 2.91 bits per heavy atom. The lowest BCUT2D eigenvalue weighted by atomic mass is 10.1. The summed E-state index contributed by atoms with van der Waals surface area (Å²) in [6.07, 6.45) is 1.96. The van der Waals surface area contributed by atoms with Crippen molar-refractivity contribution in [1.29, 1.82) is 0 Å². The number of aliphatic hydroxyl groups is 2. The summed E-state index contributed by atoms with van der Waals surface area (Å²) in [4.78, 5) is 2.16. The Kier molecular flexibility index (Phi) is 3.30. The van der Waals surface area contributed by atoms with Gasteiger partial charge in [0.05, 0.1) is 12.7 Å². The van der Waals surface area contributed by atoms with E-state index in [4.69, 9.17) is 5.11 Å². The molecule has 0 aliphatic carbocycles. The normalized spacial score (nSPS) is 29.2. The molecule has 0 spiro atoms. The molecule has 0 aromatic rings. The van der Waals surface area contributed by atoms with Gasteiger partial charge in [0.1, 0.15) is 0 Å². The van der Waals surface area contributed by atoms with Gasteiger partial charge in [-0.05, 0) is 26.3 Å². The Morgan fingerprint density at radius 2 is 2.36 bits per heavy atom. The first-order chi connectivity index (χ1) is 5.25. The summed E-state index contributed by atoms with van der Waals surface area (Å²) in [6.45, 7) is 3.75. The van der Waals surface area contributed by atoms with Gasteiger partial charge < -0.3 is 10.2 Å². The van der Waals surface area contributed by atoms with Crippen LogP contribution in [0.5, 0.6) is 0 Å². The average molecular weight is 159 g/mol. The van der Waals surface area contributed by atoms with Crippen LogP contribution in [0.15, 0.2) is 0 Å². The molecule has 0 aromatic carbocycles. The van der Waals surface area contributed by atoms with Crippen molar-refractivity contribution in [3.63, 3.8) is 0 Å². The van der Waals surface area contributed by atoms with Crippen molar-refractivity contribution in [2.24, 2.45) is 0 Å². The van der Waals surface area contributed by atoms with Crippen molar-refractivity contribution in [1.82, 2.24) is 4.90 Å². The predicted molar refractivity (Wildman–Crippen MR) is 43.4 cm³/mol. The fourth-order valence-corrected chi connectivity index (χ4v) is 1.80. The lowest BCUT2D eigenvalue weighted by Gasteiger charge is -2.25. The molecule has 3 heteroatoms. The molecule has 1 saturated heterocycles. The first kappa shape index (κ1) is 8.97. The first-order valence-electron chi connectivity index (χ1n) is 4.28. The van der Waals surface area contributed by atoms with Gasteiger partial charge in [-0.25, -0.2) is 0 Å². The van der Waals surface area contributed by atoms with E-state index < -0.39 is 0 Å². The molecule has 1 aliphatic heterocycles. The molecule has 0 amide bonds. The van der Waals surface area contributed by atoms with E-state index in [1.54, 1.807) is 0 Å². The molecule has 2 N–H and O–H groups in total. The van der Waals surface area contributed by atoms with Crippen LogP contribution in [0, 0.1) is 0 Å². The Hall–Kier alpha value is -0.120. The van der Waals surface area contributed by atoms with E-state index >= 15 is 0 Å². The maximum Gasteiger partial charge on any atom is 0.0667 e. The zero-order valence-corrected chi connectivity index (χ0v) is 7.03. The summed E-state index contributed by atoms with van der Waals surface area (Å²) < 4.78 is 0. The second kappa shape index (κ2) is 4.04. The minimum absolute atomic E-state index is 0.198. The maximum atomic E-state index is 9.33. The second-order valence-corrected chi connectivity index (χ2v) is 3.21. The molecule has 1 heterocycles. The number of likely N-dealkylation sites (tertiary alicyclic amines) is 1. The highest BCUT2D eigenvalue weighted by atomic mass is 16.3. The summed E-state index contributed by atoms with van der Waals surface area (Å²) in [6, 6.07) is 0.280. The van der Waals surface area contributed by atoms with Gasteiger partial charge in [-0.2, -0.15) is 0 Å². The Balaban J connectivity index is 2.37. The molecule has 2 atom stereocenters. The van der Waals surface area contributed by atoms with E-state index in [-0.39, 0.29) is 18.8 Å². The van der Waals surface area contributed by atoms with Crippen LogP contribution >= 0.6 is 0 Å². The second-order valence-electron chi connectivity index (χ2n) is 3.21. The summed E-state index contributed by atoms with van der Waals surface area (Å²) in [5.74, 6) is 0. The van der Waals surface area contributed by atoms with Crippen molar-refractivity contribution < 1.29 is 10.2 Å². The summed E-state index contributed by atoms with van der Waals surface area (Å²) >= 11 is 0. The van der Waals surface area contributed by atoms with Crippen LogP contribution in [0.4, 0.5) is 0 Å². The van der Waals surface area contributed by atoms with Gasteiger partial charge in [0.25, 0.3) is 0 Å². The quantitative estimate of drug-likeness (QED) is 0.600. The molecule has 0 saturated carbocycles. The predicted octanol–water partition coefficient (Wildman–Crippen LogP) is -0.176. The van der Waals surface area contributed by atoms with E-state index in [1.807, 2.05) is 6.92 Å². The van der Waals surface area contributed by atoms with Crippen LogP contribution < -0.4 is 0 Å². The van der Waals surface area contributed by atoms with Crippen molar-refractivity contribution in [3.05, 3.63) is 0 Å². The van der Waals surface area contributed by atoms with Gasteiger partial charge in [-0.1, -0.05) is 0 Å². The highest BCUT2D eigenvalue weighted by Crippen LogP contribution is 2.19. The van der Waals surface area contributed by atoms with Crippen molar-refractivity contribution in [2.45, 2.75) is 31.9 Å². The third-order valence-corrected chi connectivity index (χ3v) is 2.36. The average Bonchev–Trinajstić information content (AvgIpc) is 2.36. The Morgan fingerprint density at radius 1 is 1.64 bits per heavy atom. The molecule has 1 fully saturated rings. The molecule has 0 bridgehead atoms. The first-order valence-corrected chi connectivity index (χ1v) is 4.28. The third kappa shape index (κ3) is 2.15. The van der Waals surface area contributed by atoms with Crippen LogP contribution in [-0.2, 0) is 0 Å². The minimum atomic E-state index is -0.260. The SMILES string of the molecule is C[C@@H](O)[C@@H]1CCCN1CCO. The van der Waals surface area contributed by atoms with E-state index in [2.05, 4.69) is 4.90 Å². The molecule has 0 radical (unpaired) electrons. The Labute approximate surface area is 67.6 Å².